The molecule has 2 N–H and O–H groups in total. The fourth-order valence-electron chi connectivity index (χ4n) is 3.07. The van der Waals surface area contributed by atoms with E-state index in [1.54, 1.807) is 30.3 Å². The Balaban J connectivity index is 1.71. The highest BCUT2D eigenvalue weighted by Gasteiger charge is 2.26. The van der Waals surface area contributed by atoms with Crippen molar-refractivity contribution in [2.45, 2.75) is 31.6 Å². The Morgan fingerprint density at radius 3 is 2.45 bits per heavy atom. The number of amides is 2. The monoisotopic (exact) mass is 444 g/mol. The molecular formula is C22H24N2O6S. The summed E-state index contributed by atoms with van der Waals surface area (Å²) >= 11 is 0. The molecule has 0 radical (unpaired) electrons. The van der Waals surface area contributed by atoms with Gasteiger partial charge in [0.1, 0.15) is 11.5 Å². The van der Waals surface area contributed by atoms with Crippen LogP contribution in [0.3, 0.4) is 0 Å². The van der Waals surface area contributed by atoms with Crippen LogP contribution in [0.2, 0.25) is 0 Å². The summed E-state index contributed by atoms with van der Waals surface area (Å²) in [5.74, 6) is -2.20. The van der Waals surface area contributed by atoms with Crippen LogP contribution in [0, 0.1) is 0 Å². The molecule has 9 heteroatoms. The molecule has 1 saturated carbocycles. The second kappa shape index (κ2) is 9.30. The van der Waals surface area contributed by atoms with Crippen LogP contribution in [0.1, 0.15) is 46.0 Å². The minimum Gasteiger partial charge on any atom is -0.496 e. The van der Waals surface area contributed by atoms with Gasteiger partial charge in [0.15, 0.2) is 15.6 Å². The minimum atomic E-state index is -3.88. The summed E-state index contributed by atoms with van der Waals surface area (Å²) in [6, 6.07) is 11.1. The van der Waals surface area contributed by atoms with E-state index < -0.39 is 27.3 Å². The maximum absolute atomic E-state index is 12.6. The van der Waals surface area contributed by atoms with Gasteiger partial charge in [-0.25, -0.2) is 8.42 Å². The number of anilines is 1. The van der Waals surface area contributed by atoms with Crippen LogP contribution < -0.4 is 15.4 Å². The number of methoxy groups -OCH3 is 1. The maximum atomic E-state index is 12.6. The quantitative estimate of drug-likeness (QED) is 0.573. The number of carbonyl (C=O) groups excluding carboxylic acids is 3. The average molecular weight is 445 g/mol. The van der Waals surface area contributed by atoms with Crippen LogP contribution in [-0.4, -0.2) is 44.9 Å². The van der Waals surface area contributed by atoms with Gasteiger partial charge in [-0.2, -0.15) is 0 Å². The zero-order valence-electron chi connectivity index (χ0n) is 17.3. The van der Waals surface area contributed by atoms with Crippen molar-refractivity contribution in [1.82, 2.24) is 5.32 Å². The smallest absolute Gasteiger partial charge is 0.253 e. The lowest BCUT2D eigenvalue weighted by molar-refractivity contribution is -0.113. The minimum absolute atomic E-state index is 0.150. The van der Waals surface area contributed by atoms with Gasteiger partial charge in [-0.1, -0.05) is 12.1 Å². The molecule has 1 aliphatic carbocycles. The lowest BCUT2D eigenvalue weighted by atomic mass is 10.1. The molecule has 1 aliphatic rings. The van der Waals surface area contributed by atoms with Gasteiger partial charge in [-0.3, -0.25) is 14.4 Å². The number of nitrogens with one attached hydrogen (secondary N) is 2. The molecule has 0 bridgehead atoms. The van der Waals surface area contributed by atoms with Gasteiger partial charge in [0, 0.05) is 17.2 Å². The number of Topliss-reactive ketones (excluding diaryl/α,β-unsaturated/α-hetero) is 1. The van der Waals surface area contributed by atoms with Crippen molar-refractivity contribution >= 4 is 33.1 Å². The number of hydrogen-bond donors (Lipinski definition) is 2. The first-order valence-electron chi connectivity index (χ1n) is 9.76. The standard InChI is InChI=1S/C22H24N2O6S/c1-14(25)15-7-10-20(30-2)16(11-15)12-31(28,29)13-21(26)24-19-6-4-3-5-18(19)22(27)23-17-8-9-17/h3-7,10-11,17H,8-9,12-13H2,1-2H3,(H,23,27)(H,24,26). The molecule has 0 heterocycles. The highest BCUT2D eigenvalue weighted by molar-refractivity contribution is 7.91. The molecular weight excluding hydrogens is 420 g/mol. The van der Waals surface area contributed by atoms with Crippen LogP contribution in [0.5, 0.6) is 5.75 Å². The Bertz CT molecular complexity index is 1120. The molecule has 0 saturated heterocycles. The molecule has 3 rings (SSSR count). The SMILES string of the molecule is COc1ccc(C(C)=O)cc1CS(=O)(=O)CC(=O)Nc1ccccc1C(=O)NC1CC1. The first-order chi connectivity index (χ1) is 14.7. The van der Waals surface area contributed by atoms with Crippen molar-refractivity contribution in [3.8, 4) is 5.75 Å². The van der Waals surface area contributed by atoms with E-state index in [1.165, 1.54) is 26.2 Å². The largest absolute Gasteiger partial charge is 0.496 e. The number of sulfone groups is 1. The molecule has 0 unspecified atom stereocenters. The van der Waals surface area contributed by atoms with Crippen LogP contribution in [0.25, 0.3) is 0 Å². The molecule has 2 aromatic carbocycles. The number of carbonyl (C=O) groups is 3. The van der Waals surface area contributed by atoms with Gasteiger partial charge in [0.05, 0.1) is 24.1 Å². The summed E-state index contributed by atoms with van der Waals surface area (Å²) in [7, 11) is -2.48. The summed E-state index contributed by atoms with van der Waals surface area (Å²) in [5, 5.41) is 5.36. The number of para-hydroxylation sites is 1. The Kier molecular flexibility index (Phi) is 6.74. The second-order valence-corrected chi connectivity index (χ2v) is 9.52. The lowest BCUT2D eigenvalue weighted by Gasteiger charge is -2.13. The molecule has 0 atom stereocenters. The zero-order chi connectivity index (χ0) is 22.6. The fourth-order valence-corrected chi connectivity index (χ4v) is 4.34. The zero-order valence-corrected chi connectivity index (χ0v) is 18.1. The third kappa shape index (κ3) is 6.14. The van der Waals surface area contributed by atoms with Crippen molar-refractivity contribution in [1.29, 1.82) is 0 Å². The highest BCUT2D eigenvalue weighted by Crippen LogP contribution is 2.24. The number of ether oxygens (including phenoxy) is 1. The summed E-state index contributed by atoms with van der Waals surface area (Å²) in [5.41, 5.74) is 1.17. The normalized spacial score (nSPS) is 13.4. The molecule has 0 aliphatic heterocycles. The Hall–Kier alpha value is -3.20. The van der Waals surface area contributed by atoms with E-state index in [4.69, 9.17) is 4.74 Å². The summed E-state index contributed by atoms with van der Waals surface area (Å²) in [4.78, 5) is 36.4. The molecule has 2 amide bonds. The van der Waals surface area contributed by atoms with Gasteiger partial charge in [-0.15, -0.1) is 0 Å². The van der Waals surface area contributed by atoms with E-state index in [0.29, 0.717) is 16.9 Å². The van der Waals surface area contributed by atoms with E-state index in [0.717, 1.165) is 12.8 Å². The van der Waals surface area contributed by atoms with Crippen LogP contribution in [-0.2, 0) is 20.4 Å². The third-order valence-corrected chi connectivity index (χ3v) is 6.22. The van der Waals surface area contributed by atoms with Gasteiger partial charge in [0.25, 0.3) is 5.91 Å². The first kappa shape index (κ1) is 22.5. The van der Waals surface area contributed by atoms with Crippen molar-refractivity contribution in [3.63, 3.8) is 0 Å². The number of hydrogen-bond acceptors (Lipinski definition) is 6. The Morgan fingerprint density at radius 2 is 1.81 bits per heavy atom. The predicted molar refractivity (Wildman–Crippen MR) is 116 cm³/mol. The summed E-state index contributed by atoms with van der Waals surface area (Å²) < 4.78 is 30.5. The summed E-state index contributed by atoms with van der Waals surface area (Å²) in [6.07, 6.45) is 1.85. The lowest BCUT2D eigenvalue weighted by Crippen LogP contribution is -2.28. The van der Waals surface area contributed by atoms with Crippen molar-refractivity contribution in [2.24, 2.45) is 0 Å². The Labute approximate surface area is 180 Å². The van der Waals surface area contributed by atoms with Crippen LogP contribution in [0.15, 0.2) is 42.5 Å². The van der Waals surface area contributed by atoms with Crippen molar-refractivity contribution < 1.29 is 27.5 Å². The van der Waals surface area contributed by atoms with E-state index in [-0.39, 0.29) is 29.0 Å². The molecule has 8 nitrogen and oxygen atoms in total. The van der Waals surface area contributed by atoms with E-state index in [2.05, 4.69) is 10.6 Å². The van der Waals surface area contributed by atoms with Gasteiger partial charge in [-0.05, 0) is 50.1 Å². The number of rotatable bonds is 9. The van der Waals surface area contributed by atoms with E-state index >= 15 is 0 Å². The molecule has 2 aromatic rings. The molecule has 0 spiro atoms. The molecule has 0 aromatic heterocycles. The van der Waals surface area contributed by atoms with E-state index in [1.807, 2.05) is 0 Å². The van der Waals surface area contributed by atoms with Gasteiger partial charge >= 0.3 is 0 Å². The van der Waals surface area contributed by atoms with Gasteiger partial charge < -0.3 is 15.4 Å². The predicted octanol–water partition coefficient (Wildman–Crippen LogP) is 2.34. The topological polar surface area (TPSA) is 119 Å². The third-order valence-electron chi connectivity index (χ3n) is 4.77. The van der Waals surface area contributed by atoms with Gasteiger partial charge in [0.2, 0.25) is 5.91 Å². The van der Waals surface area contributed by atoms with Crippen molar-refractivity contribution in [3.05, 3.63) is 59.2 Å². The summed E-state index contributed by atoms with van der Waals surface area (Å²) in [6.45, 7) is 1.38. The van der Waals surface area contributed by atoms with Crippen LogP contribution in [0.4, 0.5) is 5.69 Å². The van der Waals surface area contributed by atoms with Crippen molar-refractivity contribution in [2.75, 3.05) is 18.2 Å². The second-order valence-electron chi connectivity index (χ2n) is 7.46. The highest BCUT2D eigenvalue weighted by atomic mass is 32.2. The Morgan fingerprint density at radius 1 is 1.10 bits per heavy atom. The van der Waals surface area contributed by atoms with E-state index in [9.17, 15) is 22.8 Å². The molecule has 164 valence electrons. The van der Waals surface area contributed by atoms with Crippen LogP contribution >= 0.6 is 0 Å². The molecule has 31 heavy (non-hydrogen) atoms. The maximum Gasteiger partial charge on any atom is 0.253 e. The average Bonchev–Trinajstić information content (AvgIpc) is 3.51. The number of ketones is 1. The first-order valence-corrected chi connectivity index (χ1v) is 11.6. The number of benzene rings is 2. The molecule has 1 fully saturated rings. The fraction of sp³-hybridized carbons (Fsp3) is 0.318.